The molecule has 2 rings (SSSR count). The molecule has 1 aromatic heterocycles. The van der Waals surface area contributed by atoms with E-state index in [1.807, 2.05) is 0 Å². The predicted molar refractivity (Wildman–Crippen MR) is 66.3 cm³/mol. The number of nitrogen functional groups attached to an aromatic ring is 1. The molecule has 1 heterocycles. The summed E-state index contributed by atoms with van der Waals surface area (Å²) in [5, 5.41) is 14.1. The summed E-state index contributed by atoms with van der Waals surface area (Å²) in [6.45, 7) is 0. The average Bonchev–Trinajstić information content (AvgIpc) is 2.30. The Morgan fingerprint density at radius 1 is 1.35 bits per heavy atom. The topological polar surface area (TPSA) is 95.6 Å². The van der Waals surface area contributed by atoms with E-state index in [0.29, 0.717) is 10.7 Å². The van der Waals surface area contributed by atoms with Gasteiger partial charge in [0.05, 0.1) is 11.3 Å². The molecule has 0 saturated heterocycles. The minimum absolute atomic E-state index is 0.102. The number of benzene rings is 1. The highest BCUT2D eigenvalue weighted by Gasteiger charge is 2.07. The first-order chi connectivity index (χ1) is 8.08. The fourth-order valence-corrected chi connectivity index (χ4v) is 1.50. The number of rotatable bonds is 2. The SMILES string of the molecule is N=C(N)c1cc(-c2ccc(Cl)cc2)n[nH]c1=O. The van der Waals surface area contributed by atoms with Gasteiger partial charge in [-0.25, -0.2) is 5.10 Å². The Kier molecular flexibility index (Phi) is 2.93. The van der Waals surface area contributed by atoms with Gasteiger partial charge in [-0.05, 0) is 18.2 Å². The van der Waals surface area contributed by atoms with Crippen LogP contribution >= 0.6 is 11.6 Å². The van der Waals surface area contributed by atoms with Crippen LogP contribution in [0.15, 0.2) is 35.1 Å². The first kappa shape index (κ1) is 11.3. The van der Waals surface area contributed by atoms with Crippen molar-refractivity contribution in [3.63, 3.8) is 0 Å². The third-order valence-corrected chi connectivity index (χ3v) is 2.49. The number of aromatic nitrogens is 2. The summed E-state index contributed by atoms with van der Waals surface area (Å²) in [4.78, 5) is 11.3. The highest BCUT2D eigenvalue weighted by atomic mass is 35.5. The highest BCUT2D eigenvalue weighted by Crippen LogP contribution is 2.18. The third-order valence-electron chi connectivity index (χ3n) is 2.23. The van der Waals surface area contributed by atoms with Gasteiger partial charge in [-0.1, -0.05) is 23.7 Å². The molecule has 0 aliphatic rings. The molecule has 0 unspecified atom stereocenters. The van der Waals surface area contributed by atoms with E-state index >= 15 is 0 Å². The first-order valence-corrected chi connectivity index (χ1v) is 5.16. The summed E-state index contributed by atoms with van der Waals surface area (Å²) < 4.78 is 0. The lowest BCUT2D eigenvalue weighted by atomic mass is 10.1. The molecule has 0 amide bonds. The van der Waals surface area contributed by atoms with Gasteiger partial charge in [-0.3, -0.25) is 10.2 Å². The van der Waals surface area contributed by atoms with Gasteiger partial charge in [0, 0.05) is 10.6 Å². The fraction of sp³-hybridized carbons (Fsp3) is 0. The molecule has 1 aromatic carbocycles. The van der Waals surface area contributed by atoms with Crippen LogP contribution in [0, 0.1) is 5.41 Å². The van der Waals surface area contributed by atoms with E-state index in [9.17, 15) is 4.79 Å². The predicted octanol–water partition coefficient (Wildman–Crippen LogP) is 1.37. The van der Waals surface area contributed by atoms with Crippen LogP contribution in [-0.2, 0) is 0 Å². The van der Waals surface area contributed by atoms with Crippen LogP contribution < -0.4 is 11.3 Å². The molecular formula is C11H9ClN4O. The van der Waals surface area contributed by atoms with Gasteiger partial charge in [-0.15, -0.1) is 0 Å². The molecule has 0 aliphatic carbocycles. The van der Waals surface area contributed by atoms with Crippen molar-refractivity contribution in [2.75, 3.05) is 0 Å². The maximum atomic E-state index is 11.3. The Labute approximate surface area is 102 Å². The first-order valence-electron chi connectivity index (χ1n) is 4.78. The van der Waals surface area contributed by atoms with Crippen molar-refractivity contribution in [1.29, 1.82) is 5.41 Å². The highest BCUT2D eigenvalue weighted by molar-refractivity contribution is 6.30. The zero-order chi connectivity index (χ0) is 12.4. The lowest BCUT2D eigenvalue weighted by Gasteiger charge is -2.02. The number of amidine groups is 1. The van der Waals surface area contributed by atoms with Gasteiger partial charge < -0.3 is 5.73 Å². The quantitative estimate of drug-likeness (QED) is 0.553. The van der Waals surface area contributed by atoms with Gasteiger partial charge in [0.2, 0.25) is 0 Å². The van der Waals surface area contributed by atoms with Gasteiger partial charge in [-0.2, -0.15) is 5.10 Å². The van der Waals surface area contributed by atoms with E-state index in [0.717, 1.165) is 5.56 Å². The summed E-state index contributed by atoms with van der Waals surface area (Å²) in [6.07, 6.45) is 0. The summed E-state index contributed by atoms with van der Waals surface area (Å²) in [6, 6.07) is 8.46. The Hall–Kier alpha value is -2.14. The van der Waals surface area contributed by atoms with Crippen LogP contribution in [-0.4, -0.2) is 16.0 Å². The van der Waals surface area contributed by atoms with Crippen molar-refractivity contribution < 1.29 is 0 Å². The molecule has 0 aliphatic heterocycles. The number of nitrogens with two attached hydrogens (primary N) is 1. The third kappa shape index (κ3) is 2.34. The van der Waals surface area contributed by atoms with E-state index in [4.69, 9.17) is 22.7 Å². The van der Waals surface area contributed by atoms with Gasteiger partial charge >= 0.3 is 0 Å². The number of nitrogens with zero attached hydrogens (tertiary/aromatic N) is 1. The summed E-state index contributed by atoms with van der Waals surface area (Å²) in [5.41, 5.74) is 6.24. The summed E-state index contributed by atoms with van der Waals surface area (Å²) in [7, 11) is 0. The Bertz CT molecular complexity index is 618. The summed E-state index contributed by atoms with van der Waals surface area (Å²) in [5.74, 6) is -0.288. The van der Waals surface area contributed by atoms with Crippen LogP contribution in [0.1, 0.15) is 5.56 Å². The van der Waals surface area contributed by atoms with Crippen LogP contribution in [0.25, 0.3) is 11.3 Å². The molecule has 0 spiro atoms. The number of H-pyrrole nitrogens is 1. The van der Waals surface area contributed by atoms with Gasteiger partial charge in [0.1, 0.15) is 5.84 Å². The largest absolute Gasteiger partial charge is 0.384 e. The van der Waals surface area contributed by atoms with E-state index in [2.05, 4.69) is 10.2 Å². The molecule has 0 saturated carbocycles. The number of aromatic amines is 1. The number of halogens is 1. The lowest BCUT2D eigenvalue weighted by Crippen LogP contribution is -2.24. The minimum Gasteiger partial charge on any atom is -0.384 e. The van der Waals surface area contributed by atoms with Crippen LogP contribution in [0.2, 0.25) is 5.02 Å². The maximum absolute atomic E-state index is 11.3. The molecule has 0 fully saturated rings. The second-order valence-corrected chi connectivity index (χ2v) is 3.85. The smallest absolute Gasteiger partial charge is 0.275 e. The minimum atomic E-state index is -0.477. The van der Waals surface area contributed by atoms with E-state index in [-0.39, 0.29) is 11.4 Å². The fourth-order valence-electron chi connectivity index (χ4n) is 1.37. The van der Waals surface area contributed by atoms with Crippen molar-refractivity contribution >= 4 is 17.4 Å². The molecule has 0 bridgehead atoms. The number of nitrogens with one attached hydrogen (secondary N) is 2. The zero-order valence-corrected chi connectivity index (χ0v) is 9.45. The van der Waals surface area contributed by atoms with E-state index in [1.165, 1.54) is 6.07 Å². The van der Waals surface area contributed by atoms with Crippen molar-refractivity contribution in [3.8, 4) is 11.3 Å². The second-order valence-electron chi connectivity index (χ2n) is 3.42. The molecule has 0 radical (unpaired) electrons. The Balaban J connectivity index is 2.53. The van der Waals surface area contributed by atoms with Crippen molar-refractivity contribution in [1.82, 2.24) is 10.2 Å². The maximum Gasteiger partial charge on any atom is 0.275 e. The Morgan fingerprint density at radius 2 is 2.00 bits per heavy atom. The number of hydrogen-bond donors (Lipinski definition) is 3. The van der Waals surface area contributed by atoms with Gasteiger partial charge in [0.25, 0.3) is 5.56 Å². The Morgan fingerprint density at radius 3 is 2.59 bits per heavy atom. The van der Waals surface area contributed by atoms with Crippen molar-refractivity contribution in [2.45, 2.75) is 0 Å². The van der Waals surface area contributed by atoms with E-state index in [1.54, 1.807) is 24.3 Å². The second kappa shape index (κ2) is 4.39. The van der Waals surface area contributed by atoms with E-state index < -0.39 is 5.56 Å². The zero-order valence-electron chi connectivity index (χ0n) is 8.70. The molecular weight excluding hydrogens is 240 g/mol. The molecule has 6 heteroatoms. The monoisotopic (exact) mass is 248 g/mol. The van der Waals surface area contributed by atoms with Gasteiger partial charge in [0.15, 0.2) is 0 Å². The van der Waals surface area contributed by atoms with Crippen molar-refractivity contribution in [2.24, 2.45) is 5.73 Å². The lowest BCUT2D eigenvalue weighted by molar-refractivity contribution is 0.988. The van der Waals surface area contributed by atoms with Crippen LogP contribution in [0.4, 0.5) is 0 Å². The molecule has 0 atom stereocenters. The van der Waals surface area contributed by atoms with Crippen LogP contribution in [0.5, 0.6) is 0 Å². The standard InChI is InChI=1S/C11H9ClN4O/c12-7-3-1-6(2-4-7)9-5-8(10(13)14)11(17)16-15-9/h1-5H,(H3,13,14)(H,16,17). The number of hydrogen-bond acceptors (Lipinski definition) is 3. The molecule has 17 heavy (non-hydrogen) atoms. The average molecular weight is 249 g/mol. The van der Waals surface area contributed by atoms with Crippen molar-refractivity contribution in [3.05, 3.63) is 51.3 Å². The molecule has 2 aromatic rings. The normalized spacial score (nSPS) is 10.2. The van der Waals surface area contributed by atoms with Crippen LogP contribution in [0.3, 0.4) is 0 Å². The summed E-state index contributed by atoms with van der Waals surface area (Å²) >= 11 is 5.77. The molecule has 86 valence electrons. The molecule has 5 nitrogen and oxygen atoms in total. The molecule has 4 N–H and O–H groups in total.